The van der Waals surface area contributed by atoms with Gasteiger partial charge in [-0.05, 0) is 48.4 Å². The molecule has 1 N–H and O–H groups in total. The van der Waals surface area contributed by atoms with Gasteiger partial charge in [0.2, 0.25) is 5.91 Å². The fourth-order valence-electron chi connectivity index (χ4n) is 3.19. The summed E-state index contributed by atoms with van der Waals surface area (Å²) in [7, 11) is 0. The van der Waals surface area contributed by atoms with Crippen LogP contribution in [0, 0.1) is 5.41 Å². The van der Waals surface area contributed by atoms with Crippen molar-refractivity contribution in [2.45, 2.75) is 47.0 Å². The Kier molecular flexibility index (Phi) is 7.58. The maximum Gasteiger partial charge on any atom is 0.224 e. The second kappa shape index (κ2) is 9.67. The van der Waals surface area contributed by atoms with Gasteiger partial charge in [-0.1, -0.05) is 45.9 Å². The molecule has 0 atom stereocenters. The molecule has 0 saturated carbocycles. The summed E-state index contributed by atoms with van der Waals surface area (Å²) in [6.45, 7) is 12.8. The summed E-state index contributed by atoms with van der Waals surface area (Å²) in [5.41, 5.74) is 1.45. The highest BCUT2D eigenvalue weighted by atomic mass is 16.1. The van der Waals surface area contributed by atoms with E-state index < -0.39 is 0 Å². The third kappa shape index (κ3) is 6.75. The summed E-state index contributed by atoms with van der Waals surface area (Å²) >= 11 is 0. The lowest BCUT2D eigenvalue weighted by molar-refractivity contribution is -0.120. The molecule has 1 aromatic carbocycles. The Hall–Kier alpha value is -1.94. The van der Waals surface area contributed by atoms with Crippen molar-refractivity contribution in [1.82, 2.24) is 15.2 Å². The van der Waals surface area contributed by atoms with E-state index in [0.29, 0.717) is 18.4 Å². The van der Waals surface area contributed by atoms with Crippen LogP contribution in [0.3, 0.4) is 0 Å². The minimum Gasteiger partial charge on any atom is -0.355 e. The summed E-state index contributed by atoms with van der Waals surface area (Å²) in [6.07, 6.45) is 6.46. The molecule has 1 amide bonds. The number of hydrogen-bond donors (Lipinski definition) is 1. The smallest absolute Gasteiger partial charge is 0.224 e. The lowest BCUT2D eigenvalue weighted by atomic mass is 9.90. The normalized spacial score (nSPS) is 11.9. The molecule has 0 fully saturated rings. The molecule has 0 bridgehead atoms. The Labute approximate surface area is 158 Å². The monoisotopic (exact) mass is 355 g/mol. The second-order valence-electron chi connectivity index (χ2n) is 8.14. The van der Waals surface area contributed by atoms with Crippen LogP contribution >= 0.6 is 0 Å². The molecule has 1 heterocycles. The molecule has 1 aromatic heterocycles. The maximum atomic E-state index is 12.3. The number of carbonyl (C=O) groups is 1. The molecule has 0 aliphatic carbocycles. The maximum absolute atomic E-state index is 12.3. The number of aromatic nitrogens is 1. The average molecular weight is 356 g/mol. The van der Waals surface area contributed by atoms with E-state index in [1.54, 1.807) is 6.20 Å². The van der Waals surface area contributed by atoms with E-state index in [0.717, 1.165) is 36.0 Å². The van der Waals surface area contributed by atoms with Crippen LogP contribution < -0.4 is 5.32 Å². The first-order valence-electron chi connectivity index (χ1n) is 9.70. The number of nitrogens with zero attached hydrogens (tertiary/aromatic N) is 2. The highest BCUT2D eigenvalue weighted by Crippen LogP contribution is 2.20. The van der Waals surface area contributed by atoms with Crippen molar-refractivity contribution in [2.24, 2.45) is 5.41 Å². The summed E-state index contributed by atoms with van der Waals surface area (Å²) in [6, 6.07) is 8.01. The topological polar surface area (TPSA) is 45.2 Å². The van der Waals surface area contributed by atoms with Gasteiger partial charge in [0.25, 0.3) is 0 Å². The van der Waals surface area contributed by atoms with Gasteiger partial charge in [-0.15, -0.1) is 0 Å². The standard InChI is InChI=1S/C22H33N3O/c1-5-25(14-7-11-22(2,3)4)15-13-24-21(26)16-18-8-6-9-19-17-23-12-10-20(18)19/h6,8-10,12,17H,5,7,11,13-16H2,1-4H3,(H,24,26). The zero-order valence-electron chi connectivity index (χ0n) is 16.7. The molecule has 26 heavy (non-hydrogen) atoms. The Morgan fingerprint density at radius 1 is 1.19 bits per heavy atom. The number of rotatable bonds is 9. The first-order valence-corrected chi connectivity index (χ1v) is 9.70. The summed E-state index contributed by atoms with van der Waals surface area (Å²) in [5.74, 6) is 0.0834. The molecule has 142 valence electrons. The van der Waals surface area contributed by atoms with Crippen LogP contribution in [0.1, 0.15) is 46.1 Å². The third-order valence-corrected chi connectivity index (χ3v) is 4.72. The number of fused-ring (bicyclic) bond motifs is 1. The fourth-order valence-corrected chi connectivity index (χ4v) is 3.19. The zero-order valence-corrected chi connectivity index (χ0v) is 16.7. The van der Waals surface area contributed by atoms with Gasteiger partial charge in [-0.3, -0.25) is 9.78 Å². The van der Waals surface area contributed by atoms with Crippen LogP contribution in [0.2, 0.25) is 0 Å². The Morgan fingerprint density at radius 2 is 2.00 bits per heavy atom. The van der Waals surface area contributed by atoms with E-state index in [1.165, 1.54) is 12.8 Å². The lowest BCUT2D eigenvalue weighted by Gasteiger charge is -2.23. The number of nitrogens with one attached hydrogen (secondary N) is 1. The van der Waals surface area contributed by atoms with E-state index in [9.17, 15) is 4.79 Å². The lowest BCUT2D eigenvalue weighted by Crippen LogP contribution is -2.36. The molecule has 0 unspecified atom stereocenters. The third-order valence-electron chi connectivity index (χ3n) is 4.72. The first-order chi connectivity index (χ1) is 12.4. The molecule has 4 nitrogen and oxygen atoms in total. The molecule has 0 saturated heterocycles. The molecule has 2 rings (SSSR count). The average Bonchev–Trinajstić information content (AvgIpc) is 2.59. The Bertz CT molecular complexity index is 701. The van der Waals surface area contributed by atoms with Gasteiger partial charge < -0.3 is 10.2 Å². The van der Waals surface area contributed by atoms with Crippen molar-refractivity contribution < 1.29 is 4.79 Å². The van der Waals surface area contributed by atoms with Crippen LogP contribution in [0.4, 0.5) is 0 Å². The number of benzene rings is 1. The number of hydrogen-bond acceptors (Lipinski definition) is 3. The van der Waals surface area contributed by atoms with Gasteiger partial charge in [0.1, 0.15) is 0 Å². The molecule has 4 heteroatoms. The molecule has 0 spiro atoms. The van der Waals surface area contributed by atoms with Gasteiger partial charge in [0.05, 0.1) is 6.42 Å². The van der Waals surface area contributed by atoms with E-state index in [2.05, 4.69) is 42.9 Å². The quantitative estimate of drug-likeness (QED) is 0.738. The largest absolute Gasteiger partial charge is 0.355 e. The van der Waals surface area contributed by atoms with Crippen LogP contribution in [-0.4, -0.2) is 42.0 Å². The van der Waals surface area contributed by atoms with Crippen LogP contribution in [0.25, 0.3) is 10.8 Å². The van der Waals surface area contributed by atoms with Crippen molar-refractivity contribution in [1.29, 1.82) is 0 Å². The number of carbonyl (C=O) groups excluding carboxylic acids is 1. The summed E-state index contributed by atoms with van der Waals surface area (Å²) < 4.78 is 0. The molecule has 2 aromatic rings. The van der Waals surface area contributed by atoms with E-state index in [1.807, 2.05) is 30.5 Å². The fraction of sp³-hybridized carbons (Fsp3) is 0.545. The highest BCUT2D eigenvalue weighted by Gasteiger charge is 2.11. The van der Waals surface area contributed by atoms with Crippen molar-refractivity contribution in [3.8, 4) is 0 Å². The Balaban J connectivity index is 1.77. The predicted octanol–water partition coefficient (Wildman–Crippen LogP) is 4.04. The highest BCUT2D eigenvalue weighted by molar-refractivity contribution is 5.89. The van der Waals surface area contributed by atoms with Gasteiger partial charge >= 0.3 is 0 Å². The minimum atomic E-state index is 0.0834. The molecular weight excluding hydrogens is 322 g/mol. The number of pyridine rings is 1. The van der Waals surface area contributed by atoms with Crippen molar-refractivity contribution in [3.05, 3.63) is 42.2 Å². The van der Waals surface area contributed by atoms with Gasteiger partial charge in [0, 0.05) is 30.9 Å². The van der Waals surface area contributed by atoms with Gasteiger partial charge in [-0.2, -0.15) is 0 Å². The first kappa shape index (κ1) is 20.4. The zero-order chi connectivity index (χ0) is 19.0. The molecule has 0 aliphatic heterocycles. The van der Waals surface area contributed by atoms with Crippen molar-refractivity contribution in [2.75, 3.05) is 26.2 Å². The van der Waals surface area contributed by atoms with Crippen LogP contribution in [0.15, 0.2) is 36.7 Å². The molecular formula is C22H33N3O. The predicted molar refractivity (Wildman–Crippen MR) is 109 cm³/mol. The SMILES string of the molecule is CCN(CCCC(C)(C)C)CCNC(=O)Cc1cccc2cnccc12. The van der Waals surface area contributed by atoms with E-state index in [-0.39, 0.29) is 5.91 Å². The molecule has 0 aliphatic rings. The van der Waals surface area contributed by atoms with E-state index >= 15 is 0 Å². The minimum absolute atomic E-state index is 0.0834. The summed E-state index contributed by atoms with van der Waals surface area (Å²) in [4.78, 5) is 18.9. The molecule has 0 radical (unpaired) electrons. The van der Waals surface area contributed by atoms with Crippen molar-refractivity contribution >= 4 is 16.7 Å². The number of likely N-dealkylation sites (N-methyl/N-ethyl adjacent to an activating group) is 1. The van der Waals surface area contributed by atoms with E-state index in [4.69, 9.17) is 0 Å². The van der Waals surface area contributed by atoms with Crippen LogP contribution in [0.5, 0.6) is 0 Å². The van der Waals surface area contributed by atoms with Gasteiger partial charge in [0.15, 0.2) is 0 Å². The van der Waals surface area contributed by atoms with Crippen LogP contribution in [-0.2, 0) is 11.2 Å². The Morgan fingerprint density at radius 3 is 2.73 bits per heavy atom. The summed E-state index contributed by atoms with van der Waals surface area (Å²) in [5, 5.41) is 5.26. The second-order valence-corrected chi connectivity index (χ2v) is 8.14. The van der Waals surface area contributed by atoms with Gasteiger partial charge in [-0.25, -0.2) is 0 Å². The number of amides is 1. The van der Waals surface area contributed by atoms with Crippen molar-refractivity contribution in [3.63, 3.8) is 0 Å².